The fourth-order valence-corrected chi connectivity index (χ4v) is 2.64. The molecule has 0 aliphatic heterocycles. The van der Waals surface area contributed by atoms with E-state index in [1.165, 1.54) is 0 Å². The van der Waals surface area contributed by atoms with Crippen LogP contribution in [0.25, 0.3) is 0 Å². The van der Waals surface area contributed by atoms with Gasteiger partial charge < -0.3 is 20.2 Å². The Labute approximate surface area is 123 Å². The van der Waals surface area contributed by atoms with Gasteiger partial charge in [-0.2, -0.15) is 0 Å². The van der Waals surface area contributed by atoms with Crippen LogP contribution in [0.2, 0.25) is 0 Å². The molecule has 0 bridgehead atoms. The summed E-state index contributed by atoms with van der Waals surface area (Å²) in [7, 11) is 0. The molecule has 1 aromatic rings. The molecule has 1 aromatic heterocycles. The van der Waals surface area contributed by atoms with E-state index in [0.717, 1.165) is 25.0 Å². The third-order valence-electron chi connectivity index (χ3n) is 3.85. The highest BCUT2D eigenvalue weighted by Crippen LogP contribution is 2.31. The van der Waals surface area contributed by atoms with E-state index in [0.29, 0.717) is 18.9 Å². The molecule has 1 fully saturated rings. The highest BCUT2D eigenvalue weighted by atomic mass is 16.4. The Balaban J connectivity index is 1.71. The molecular weight excluding hydrogens is 274 g/mol. The van der Waals surface area contributed by atoms with Crippen LogP contribution in [0.4, 0.5) is 4.79 Å². The molecule has 7 heteroatoms. The summed E-state index contributed by atoms with van der Waals surface area (Å²) in [6.45, 7) is 2.57. The fraction of sp³-hybridized carbons (Fsp3) is 0.643. The topological polar surface area (TPSA) is 104 Å². The molecule has 0 saturated heterocycles. The van der Waals surface area contributed by atoms with Crippen molar-refractivity contribution in [2.45, 2.75) is 39.2 Å². The third-order valence-corrected chi connectivity index (χ3v) is 3.85. The van der Waals surface area contributed by atoms with E-state index in [1.807, 2.05) is 6.92 Å². The van der Waals surface area contributed by atoms with Crippen LogP contribution in [0, 0.1) is 11.8 Å². The zero-order chi connectivity index (χ0) is 15.2. The number of hydrogen-bond donors (Lipinski definition) is 3. The zero-order valence-electron chi connectivity index (χ0n) is 12.1. The van der Waals surface area contributed by atoms with Gasteiger partial charge in [0, 0.05) is 13.0 Å². The normalized spacial score (nSPS) is 21.2. The summed E-state index contributed by atoms with van der Waals surface area (Å²) in [4.78, 5) is 26.8. The van der Waals surface area contributed by atoms with Crippen molar-refractivity contribution < 1.29 is 19.1 Å². The summed E-state index contributed by atoms with van der Waals surface area (Å²) in [5.74, 6) is 0.145. The van der Waals surface area contributed by atoms with Gasteiger partial charge in [-0.3, -0.25) is 4.79 Å². The molecule has 2 unspecified atom stereocenters. The predicted octanol–water partition coefficient (Wildman–Crippen LogP) is 1.54. The van der Waals surface area contributed by atoms with Crippen molar-refractivity contribution in [2.75, 3.05) is 6.54 Å². The first-order valence-electron chi connectivity index (χ1n) is 7.28. The molecule has 0 aromatic carbocycles. The van der Waals surface area contributed by atoms with Crippen LogP contribution in [0.3, 0.4) is 0 Å². The average Bonchev–Trinajstić information content (AvgIpc) is 3.11. The molecule has 1 aliphatic carbocycles. The van der Waals surface area contributed by atoms with E-state index < -0.39 is 5.97 Å². The minimum atomic E-state index is -0.772. The summed E-state index contributed by atoms with van der Waals surface area (Å²) < 4.78 is 5.38. The number of carbonyl (C=O) groups is 2. The first kappa shape index (κ1) is 15.3. The maximum absolute atomic E-state index is 11.7. The minimum absolute atomic E-state index is 0.0154. The van der Waals surface area contributed by atoms with Gasteiger partial charge in [-0.25, -0.2) is 9.78 Å². The van der Waals surface area contributed by atoms with Gasteiger partial charge >= 0.3 is 12.0 Å². The summed E-state index contributed by atoms with van der Waals surface area (Å²) in [5, 5.41) is 14.4. The number of amides is 2. The third kappa shape index (κ3) is 4.21. The van der Waals surface area contributed by atoms with Gasteiger partial charge in [0.25, 0.3) is 0 Å². The second kappa shape index (κ2) is 7.10. The van der Waals surface area contributed by atoms with E-state index >= 15 is 0 Å². The standard InChI is InChI=1S/C14H21N3O4/c1-2-10-7-15-12(21-10)8-17-14(20)16-6-9-4-3-5-11(9)13(18)19/h7,9,11H,2-6,8H2,1H3,(H,18,19)(H2,16,17,20). The van der Waals surface area contributed by atoms with Crippen LogP contribution < -0.4 is 10.6 Å². The highest BCUT2D eigenvalue weighted by Gasteiger charge is 2.32. The molecule has 0 spiro atoms. The Kier molecular flexibility index (Phi) is 5.19. The van der Waals surface area contributed by atoms with Crippen molar-refractivity contribution in [1.82, 2.24) is 15.6 Å². The number of oxazole rings is 1. The first-order valence-corrected chi connectivity index (χ1v) is 7.28. The monoisotopic (exact) mass is 295 g/mol. The van der Waals surface area contributed by atoms with E-state index in [4.69, 9.17) is 9.52 Å². The highest BCUT2D eigenvalue weighted by molar-refractivity contribution is 5.74. The van der Waals surface area contributed by atoms with Crippen LogP contribution in [0.15, 0.2) is 10.6 Å². The number of hydrogen-bond acceptors (Lipinski definition) is 4. The Bertz CT molecular complexity index is 500. The van der Waals surface area contributed by atoms with Gasteiger partial charge in [0.1, 0.15) is 5.76 Å². The number of aromatic nitrogens is 1. The molecule has 7 nitrogen and oxygen atoms in total. The van der Waals surface area contributed by atoms with E-state index in [2.05, 4.69) is 15.6 Å². The van der Waals surface area contributed by atoms with Gasteiger partial charge in [-0.15, -0.1) is 0 Å². The number of rotatable bonds is 6. The van der Waals surface area contributed by atoms with Crippen molar-refractivity contribution in [3.63, 3.8) is 0 Å². The van der Waals surface area contributed by atoms with E-state index in [1.54, 1.807) is 6.20 Å². The molecule has 2 atom stereocenters. The maximum Gasteiger partial charge on any atom is 0.315 e. The lowest BCUT2D eigenvalue weighted by Gasteiger charge is -2.16. The lowest BCUT2D eigenvalue weighted by Crippen LogP contribution is -2.39. The van der Waals surface area contributed by atoms with Crippen LogP contribution in [-0.4, -0.2) is 28.6 Å². The Morgan fingerprint density at radius 2 is 2.24 bits per heavy atom. The number of aryl methyl sites for hydroxylation is 1. The van der Waals surface area contributed by atoms with Crippen molar-refractivity contribution >= 4 is 12.0 Å². The molecule has 2 amide bonds. The number of carboxylic acids is 1. The molecule has 116 valence electrons. The van der Waals surface area contributed by atoms with Gasteiger partial charge in [-0.1, -0.05) is 13.3 Å². The summed E-state index contributed by atoms with van der Waals surface area (Å²) in [6.07, 6.45) is 4.85. The number of aliphatic carboxylic acids is 1. The first-order chi connectivity index (χ1) is 10.1. The Morgan fingerprint density at radius 1 is 1.43 bits per heavy atom. The van der Waals surface area contributed by atoms with Gasteiger partial charge in [0.05, 0.1) is 18.7 Å². The van der Waals surface area contributed by atoms with Gasteiger partial charge in [0.2, 0.25) is 5.89 Å². The maximum atomic E-state index is 11.7. The molecule has 3 N–H and O–H groups in total. The number of urea groups is 1. The van der Waals surface area contributed by atoms with Crippen LogP contribution in [0.1, 0.15) is 37.8 Å². The SMILES string of the molecule is CCc1cnc(CNC(=O)NCC2CCCC2C(=O)O)o1. The number of carboxylic acid groups (broad SMARTS) is 1. The average molecular weight is 295 g/mol. The Morgan fingerprint density at radius 3 is 2.90 bits per heavy atom. The summed E-state index contributed by atoms with van der Waals surface area (Å²) in [5.41, 5.74) is 0. The summed E-state index contributed by atoms with van der Waals surface area (Å²) >= 11 is 0. The predicted molar refractivity (Wildman–Crippen MR) is 74.6 cm³/mol. The molecule has 21 heavy (non-hydrogen) atoms. The van der Waals surface area contributed by atoms with Crippen LogP contribution in [-0.2, 0) is 17.8 Å². The molecule has 0 radical (unpaired) electrons. The van der Waals surface area contributed by atoms with Crippen molar-refractivity contribution in [2.24, 2.45) is 11.8 Å². The number of nitrogens with zero attached hydrogens (tertiary/aromatic N) is 1. The molecule has 2 rings (SSSR count). The molecule has 1 aliphatic rings. The molecule has 1 heterocycles. The second-order valence-corrected chi connectivity index (χ2v) is 5.27. The lowest BCUT2D eigenvalue weighted by atomic mass is 9.96. The quantitative estimate of drug-likeness (QED) is 0.738. The number of nitrogens with one attached hydrogen (secondary N) is 2. The molecular formula is C14H21N3O4. The van der Waals surface area contributed by atoms with Crippen molar-refractivity contribution in [1.29, 1.82) is 0 Å². The van der Waals surface area contributed by atoms with Crippen LogP contribution in [0.5, 0.6) is 0 Å². The zero-order valence-corrected chi connectivity index (χ0v) is 12.1. The summed E-state index contributed by atoms with van der Waals surface area (Å²) in [6, 6.07) is -0.331. The van der Waals surface area contributed by atoms with Crippen molar-refractivity contribution in [3.8, 4) is 0 Å². The number of carbonyl (C=O) groups excluding carboxylic acids is 1. The van der Waals surface area contributed by atoms with E-state index in [-0.39, 0.29) is 24.4 Å². The minimum Gasteiger partial charge on any atom is -0.481 e. The van der Waals surface area contributed by atoms with Crippen LogP contribution >= 0.6 is 0 Å². The molecule has 1 saturated carbocycles. The smallest absolute Gasteiger partial charge is 0.315 e. The fourth-order valence-electron chi connectivity index (χ4n) is 2.64. The van der Waals surface area contributed by atoms with Crippen molar-refractivity contribution in [3.05, 3.63) is 17.8 Å². The Hall–Kier alpha value is -2.05. The van der Waals surface area contributed by atoms with Gasteiger partial charge in [0.15, 0.2) is 0 Å². The second-order valence-electron chi connectivity index (χ2n) is 5.27. The van der Waals surface area contributed by atoms with Gasteiger partial charge in [-0.05, 0) is 18.8 Å². The lowest BCUT2D eigenvalue weighted by molar-refractivity contribution is -0.142. The van der Waals surface area contributed by atoms with E-state index in [9.17, 15) is 9.59 Å². The largest absolute Gasteiger partial charge is 0.481 e.